The van der Waals surface area contributed by atoms with Crippen molar-refractivity contribution in [2.75, 3.05) is 0 Å². The van der Waals surface area contributed by atoms with E-state index < -0.39 is 5.97 Å². The molecule has 0 aliphatic heterocycles. The summed E-state index contributed by atoms with van der Waals surface area (Å²) in [6.07, 6.45) is 3.01. The van der Waals surface area contributed by atoms with Crippen LogP contribution < -0.4 is 0 Å². The van der Waals surface area contributed by atoms with Crippen LogP contribution in [0.3, 0.4) is 0 Å². The van der Waals surface area contributed by atoms with Crippen molar-refractivity contribution in [2.45, 2.75) is 59.4 Å². The summed E-state index contributed by atoms with van der Waals surface area (Å²) >= 11 is 0. The van der Waals surface area contributed by atoms with Crippen LogP contribution >= 0.6 is 0 Å². The lowest BCUT2D eigenvalue weighted by atomic mass is 9.99. The molecule has 0 saturated carbocycles. The van der Waals surface area contributed by atoms with Crippen LogP contribution in [0.1, 0.15) is 74.0 Å². The zero-order chi connectivity index (χ0) is 21.7. The molecule has 158 valence electrons. The van der Waals surface area contributed by atoms with Gasteiger partial charge in [0.15, 0.2) is 5.82 Å². The van der Waals surface area contributed by atoms with E-state index in [0.717, 1.165) is 47.6 Å². The van der Waals surface area contributed by atoms with Crippen molar-refractivity contribution in [1.29, 1.82) is 0 Å². The second-order valence-electron chi connectivity index (χ2n) is 8.33. The number of aromatic carboxylic acids is 1. The van der Waals surface area contributed by atoms with Crippen LogP contribution in [-0.2, 0) is 13.0 Å². The quantitative estimate of drug-likeness (QED) is 0.489. The van der Waals surface area contributed by atoms with Gasteiger partial charge in [-0.25, -0.2) is 14.5 Å². The summed E-state index contributed by atoms with van der Waals surface area (Å²) in [4.78, 5) is 16.3. The lowest BCUT2D eigenvalue weighted by Gasteiger charge is -2.11. The van der Waals surface area contributed by atoms with Crippen LogP contribution in [0.4, 0.5) is 0 Å². The first kappa shape index (κ1) is 21.8. The fourth-order valence-corrected chi connectivity index (χ4v) is 3.47. The van der Waals surface area contributed by atoms with Crippen molar-refractivity contribution in [3.05, 3.63) is 71.3 Å². The van der Waals surface area contributed by atoms with Crippen LogP contribution in [0, 0.1) is 5.92 Å². The van der Waals surface area contributed by atoms with Gasteiger partial charge in [0.1, 0.15) is 5.82 Å². The summed E-state index contributed by atoms with van der Waals surface area (Å²) in [6, 6.07) is 15.2. The lowest BCUT2D eigenvalue weighted by Crippen LogP contribution is -2.09. The number of carbonyl (C=O) groups is 1. The third-order valence-corrected chi connectivity index (χ3v) is 5.50. The molecule has 0 amide bonds. The molecule has 1 heterocycles. The Bertz CT molecular complexity index is 990. The molecule has 30 heavy (non-hydrogen) atoms. The Morgan fingerprint density at radius 2 is 1.77 bits per heavy atom. The Kier molecular flexibility index (Phi) is 7.03. The number of hydrogen-bond donors (Lipinski definition) is 1. The Balaban J connectivity index is 1.84. The minimum atomic E-state index is -0.913. The first-order valence-corrected chi connectivity index (χ1v) is 10.7. The Morgan fingerprint density at radius 3 is 2.40 bits per heavy atom. The molecule has 2 aromatic carbocycles. The maximum Gasteiger partial charge on any atom is 0.336 e. The molecular weight excluding hydrogens is 374 g/mol. The highest BCUT2D eigenvalue weighted by atomic mass is 16.4. The van der Waals surface area contributed by atoms with Crippen LogP contribution in [0.25, 0.3) is 11.1 Å². The molecule has 1 aromatic heterocycles. The Hall–Kier alpha value is -2.95. The van der Waals surface area contributed by atoms with Gasteiger partial charge >= 0.3 is 5.97 Å². The zero-order valence-corrected chi connectivity index (χ0v) is 18.3. The molecule has 0 fully saturated rings. The van der Waals surface area contributed by atoms with Crippen LogP contribution in [-0.4, -0.2) is 25.8 Å². The van der Waals surface area contributed by atoms with Gasteiger partial charge in [-0.1, -0.05) is 70.2 Å². The molecule has 0 aliphatic rings. The summed E-state index contributed by atoms with van der Waals surface area (Å²) in [5, 5.41) is 14.2. The molecule has 3 rings (SSSR count). The number of aromatic nitrogens is 3. The van der Waals surface area contributed by atoms with E-state index in [2.05, 4.69) is 27.7 Å². The fraction of sp³-hybridized carbons (Fsp3) is 0.400. The van der Waals surface area contributed by atoms with Gasteiger partial charge in [-0.15, -0.1) is 0 Å². The summed E-state index contributed by atoms with van der Waals surface area (Å²) in [5.41, 5.74) is 3.07. The van der Waals surface area contributed by atoms with Gasteiger partial charge in [0.25, 0.3) is 0 Å². The maximum atomic E-state index is 11.5. The monoisotopic (exact) mass is 405 g/mol. The molecule has 0 aliphatic carbocycles. The molecule has 1 atom stereocenters. The summed E-state index contributed by atoms with van der Waals surface area (Å²) in [5.74, 6) is 2.03. The molecule has 5 heteroatoms. The third kappa shape index (κ3) is 5.15. The third-order valence-electron chi connectivity index (χ3n) is 5.50. The lowest BCUT2D eigenvalue weighted by molar-refractivity contribution is 0.0697. The van der Waals surface area contributed by atoms with Crippen molar-refractivity contribution in [2.24, 2.45) is 5.92 Å². The molecule has 5 nitrogen and oxygen atoms in total. The first-order valence-electron chi connectivity index (χ1n) is 10.7. The van der Waals surface area contributed by atoms with Gasteiger partial charge in [0.05, 0.1) is 12.1 Å². The van der Waals surface area contributed by atoms with Gasteiger partial charge in [-0.3, -0.25) is 0 Å². The molecule has 0 saturated heterocycles. The van der Waals surface area contributed by atoms with Gasteiger partial charge in [0, 0.05) is 12.3 Å². The van der Waals surface area contributed by atoms with E-state index in [0.29, 0.717) is 23.9 Å². The first-order chi connectivity index (χ1) is 14.4. The van der Waals surface area contributed by atoms with E-state index in [-0.39, 0.29) is 0 Å². The number of nitrogens with zero attached hydrogens (tertiary/aromatic N) is 3. The normalized spacial score (nSPS) is 12.3. The van der Waals surface area contributed by atoms with Gasteiger partial charge < -0.3 is 5.11 Å². The molecular formula is C25H31N3O2. The second kappa shape index (κ2) is 9.70. The van der Waals surface area contributed by atoms with E-state index in [9.17, 15) is 9.90 Å². The number of benzene rings is 2. The molecule has 0 radical (unpaired) electrons. The fourth-order valence-electron chi connectivity index (χ4n) is 3.47. The van der Waals surface area contributed by atoms with Crippen molar-refractivity contribution < 1.29 is 9.90 Å². The van der Waals surface area contributed by atoms with Gasteiger partial charge in [-0.05, 0) is 41.5 Å². The van der Waals surface area contributed by atoms with Gasteiger partial charge in [0.2, 0.25) is 0 Å². The average Bonchev–Trinajstić information content (AvgIpc) is 3.15. The van der Waals surface area contributed by atoms with Crippen LogP contribution in [0.15, 0.2) is 48.5 Å². The summed E-state index contributed by atoms with van der Waals surface area (Å²) in [6.45, 7) is 9.47. The highest BCUT2D eigenvalue weighted by Gasteiger charge is 2.16. The standard InChI is InChI=1S/C25H31N3O2/c1-5-18(4)24-26-23(15-10-17(2)3)27-28(24)16-19-11-13-20(14-12-19)21-8-6-7-9-22(21)25(29)30/h6-9,11-14,17-18H,5,10,15-16H2,1-4H3,(H,29,30). The van der Waals surface area contributed by atoms with Crippen molar-refractivity contribution in [1.82, 2.24) is 14.8 Å². The second-order valence-corrected chi connectivity index (χ2v) is 8.33. The minimum Gasteiger partial charge on any atom is -0.478 e. The predicted octanol–water partition coefficient (Wildman–Crippen LogP) is 5.79. The highest BCUT2D eigenvalue weighted by molar-refractivity contribution is 5.95. The van der Waals surface area contributed by atoms with E-state index >= 15 is 0 Å². The van der Waals surface area contributed by atoms with E-state index in [4.69, 9.17) is 10.1 Å². The number of rotatable bonds is 9. The van der Waals surface area contributed by atoms with E-state index in [1.807, 2.05) is 41.1 Å². The minimum absolute atomic E-state index is 0.315. The number of hydrogen-bond acceptors (Lipinski definition) is 3. The number of aryl methyl sites for hydroxylation is 1. The molecule has 0 spiro atoms. The summed E-state index contributed by atoms with van der Waals surface area (Å²) in [7, 11) is 0. The van der Waals surface area contributed by atoms with Crippen molar-refractivity contribution in [3.8, 4) is 11.1 Å². The molecule has 0 bridgehead atoms. The van der Waals surface area contributed by atoms with Crippen molar-refractivity contribution in [3.63, 3.8) is 0 Å². The van der Waals surface area contributed by atoms with E-state index in [1.54, 1.807) is 12.1 Å². The Labute approximate surface area is 178 Å². The van der Waals surface area contributed by atoms with Crippen LogP contribution in [0.2, 0.25) is 0 Å². The van der Waals surface area contributed by atoms with Gasteiger partial charge in [-0.2, -0.15) is 5.10 Å². The predicted molar refractivity (Wildman–Crippen MR) is 120 cm³/mol. The highest BCUT2D eigenvalue weighted by Crippen LogP contribution is 2.25. The topological polar surface area (TPSA) is 68.0 Å². The summed E-state index contributed by atoms with van der Waals surface area (Å²) < 4.78 is 2.03. The largest absolute Gasteiger partial charge is 0.478 e. The van der Waals surface area contributed by atoms with Crippen LogP contribution in [0.5, 0.6) is 0 Å². The average molecular weight is 406 g/mol. The SMILES string of the molecule is CCC(C)c1nc(CCC(C)C)nn1Cc1ccc(-c2ccccc2C(=O)O)cc1. The number of carboxylic acids is 1. The Morgan fingerprint density at radius 1 is 1.07 bits per heavy atom. The number of carboxylic acid groups (broad SMARTS) is 1. The zero-order valence-electron chi connectivity index (χ0n) is 18.3. The maximum absolute atomic E-state index is 11.5. The molecule has 1 unspecified atom stereocenters. The molecule has 3 aromatic rings. The molecule has 1 N–H and O–H groups in total. The van der Waals surface area contributed by atoms with Crippen molar-refractivity contribution >= 4 is 5.97 Å². The smallest absolute Gasteiger partial charge is 0.336 e. The van der Waals surface area contributed by atoms with E-state index in [1.165, 1.54) is 0 Å².